The first kappa shape index (κ1) is 12.5. The van der Waals surface area contributed by atoms with Gasteiger partial charge in [-0.2, -0.15) is 15.4 Å². The number of hydrogen-bond acceptors (Lipinski definition) is 4. The number of rotatable bonds is 3. The van der Waals surface area contributed by atoms with Crippen molar-refractivity contribution < 1.29 is 0 Å². The second kappa shape index (κ2) is 4.52. The fourth-order valence-electron chi connectivity index (χ4n) is 2.34. The summed E-state index contributed by atoms with van der Waals surface area (Å²) < 4.78 is 3.28. The van der Waals surface area contributed by atoms with Crippen molar-refractivity contribution in [2.45, 2.75) is 13.0 Å². The van der Waals surface area contributed by atoms with Crippen molar-refractivity contribution in [2.75, 3.05) is 5.32 Å². The molecule has 1 atom stereocenters. The van der Waals surface area contributed by atoms with Gasteiger partial charge in [0.25, 0.3) is 0 Å². The molecule has 0 saturated carbocycles. The molecule has 7 heteroatoms. The Labute approximate surface area is 115 Å². The lowest BCUT2D eigenvalue weighted by molar-refractivity contribution is 0.795. The summed E-state index contributed by atoms with van der Waals surface area (Å²) in [6, 6.07) is 5.90. The van der Waals surface area contributed by atoms with Gasteiger partial charge in [-0.15, -0.1) is 0 Å². The molecule has 0 radical (unpaired) electrons. The SMILES string of the molecule is CC(Nc1ccc2c(c1)n(C)c(=O)n2C)c1cn[nH]n1. The van der Waals surface area contributed by atoms with Gasteiger partial charge in [0.1, 0.15) is 5.69 Å². The van der Waals surface area contributed by atoms with Crippen LogP contribution >= 0.6 is 0 Å². The highest BCUT2D eigenvalue weighted by molar-refractivity contribution is 5.80. The van der Waals surface area contributed by atoms with E-state index in [-0.39, 0.29) is 11.7 Å². The van der Waals surface area contributed by atoms with Crippen LogP contribution in [0.1, 0.15) is 18.7 Å². The van der Waals surface area contributed by atoms with Gasteiger partial charge in [0.05, 0.1) is 23.3 Å². The van der Waals surface area contributed by atoms with E-state index in [2.05, 4.69) is 20.7 Å². The van der Waals surface area contributed by atoms with Crippen molar-refractivity contribution in [3.8, 4) is 0 Å². The van der Waals surface area contributed by atoms with Crippen LogP contribution in [0.2, 0.25) is 0 Å². The molecule has 0 fully saturated rings. The first-order valence-electron chi connectivity index (χ1n) is 6.35. The van der Waals surface area contributed by atoms with Crippen molar-refractivity contribution in [3.63, 3.8) is 0 Å². The van der Waals surface area contributed by atoms with Gasteiger partial charge in [-0.1, -0.05) is 0 Å². The van der Waals surface area contributed by atoms with E-state index >= 15 is 0 Å². The summed E-state index contributed by atoms with van der Waals surface area (Å²) in [5.41, 5.74) is 3.56. The molecular weight excluding hydrogens is 256 g/mol. The van der Waals surface area contributed by atoms with Crippen LogP contribution in [0.4, 0.5) is 5.69 Å². The molecule has 0 aliphatic carbocycles. The van der Waals surface area contributed by atoms with Crippen LogP contribution in [0, 0.1) is 0 Å². The molecule has 20 heavy (non-hydrogen) atoms. The summed E-state index contributed by atoms with van der Waals surface area (Å²) >= 11 is 0. The van der Waals surface area contributed by atoms with Gasteiger partial charge in [0.2, 0.25) is 0 Å². The molecule has 2 heterocycles. The number of H-pyrrole nitrogens is 1. The van der Waals surface area contributed by atoms with Crippen LogP contribution in [0.5, 0.6) is 0 Å². The minimum Gasteiger partial charge on any atom is -0.377 e. The van der Waals surface area contributed by atoms with Crippen molar-refractivity contribution in [1.29, 1.82) is 0 Å². The standard InChI is InChI=1S/C13H16N6O/c1-8(10-7-14-17-16-10)15-9-4-5-11-12(6-9)19(3)13(20)18(11)2/h4-8,15H,1-3H3,(H,14,16,17). The zero-order valence-electron chi connectivity index (χ0n) is 11.6. The third kappa shape index (κ3) is 1.87. The van der Waals surface area contributed by atoms with E-state index in [1.165, 1.54) is 0 Å². The monoisotopic (exact) mass is 272 g/mol. The molecule has 3 rings (SSSR count). The summed E-state index contributed by atoms with van der Waals surface area (Å²) in [6.45, 7) is 2.01. The summed E-state index contributed by atoms with van der Waals surface area (Å²) in [7, 11) is 3.55. The van der Waals surface area contributed by atoms with E-state index in [0.717, 1.165) is 22.4 Å². The molecule has 2 N–H and O–H groups in total. The summed E-state index contributed by atoms with van der Waals surface area (Å²) in [4.78, 5) is 11.9. The minimum atomic E-state index is -0.0262. The summed E-state index contributed by atoms with van der Waals surface area (Å²) in [5, 5.41) is 13.8. The molecule has 7 nitrogen and oxygen atoms in total. The number of anilines is 1. The van der Waals surface area contributed by atoms with Gasteiger partial charge in [-0.3, -0.25) is 9.13 Å². The molecule has 104 valence electrons. The second-order valence-electron chi connectivity index (χ2n) is 4.86. The van der Waals surface area contributed by atoms with E-state index in [1.807, 2.05) is 25.1 Å². The highest BCUT2D eigenvalue weighted by atomic mass is 16.1. The Kier molecular flexibility index (Phi) is 2.81. The molecule has 0 aliphatic rings. The maximum atomic E-state index is 11.9. The number of nitrogens with one attached hydrogen (secondary N) is 2. The van der Waals surface area contributed by atoms with Crippen LogP contribution in [0.25, 0.3) is 11.0 Å². The number of imidazole rings is 1. The molecule has 1 aromatic carbocycles. The number of aromatic amines is 1. The van der Waals surface area contributed by atoms with Gasteiger partial charge in [0.15, 0.2) is 0 Å². The van der Waals surface area contributed by atoms with E-state index in [9.17, 15) is 4.79 Å². The Morgan fingerprint density at radius 2 is 2.00 bits per heavy atom. The van der Waals surface area contributed by atoms with Gasteiger partial charge < -0.3 is 5.32 Å². The first-order valence-corrected chi connectivity index (χ1v) is 6.35. The lowest BCUT2D eigenvalue weighted by atomic mass is 10.2. The number of aromatic nitrogens is 5. The fraction of sp³-hybridized carbons (Fsp3) is 0.308. The smallest absolute Gasteiger partial charge is 0.328 e. The second-order valence-corrected chi connectivity index (χ2v) is 4.86. The zero-order chi connectivity index (χ0) is 14.3. The van der Waals surface area contributed by atoms with Crippen LogP contribution in [0.15, 0.2) is 29.2 Å². The third-order valence-corrected chi connectivity index (χ3v) is 3.53. The number of aryl methyl sites for hydroxylation is 2. The number of nitrogens with zero attached hydrogens (tertiary/aromatic N) is 4. The lowest BCUT2D eigenvalue weighted by Gasteiger charge is -2.12. The van der Waals surface area contributed by atoms with Crippen molar-refractivity contribution >= 4 is 16.7 Å². The van der Waals surface area contributed by atoms with Crippen molar-refractivity contribution in [3.05, 3.63) is 40.6 Å². The molecular formula is C13H16N6O. The molecule has 0 spiro atoms. The fourth-order valence-corrected chi connectivity index (χ4v) is 2.34. The average molecular weight is 272 g/mol. The Balaban J connectivity index is 1.97. The predicted octanol–water partition coefficient (Wildman–Crippen LogP) is 1.17. The number of hydrogen-bond donors (Lipinski definition) is 2. The first-order chi connectivity index (χ1) is 9.58. The molecule has 0 aliphatic heterocycles. The van der Waals surface area contributed by atoms with E-state index < -0.39 is 0 Å². The average Bonchev–Trinajstić information content (AvgIpc) is 3.04. The van der Waals surface area contributed by atoms with Crippen LogP contribution in [0.3, 0.4) is 0 Å². The minimum absolute atomic E-state index is 0.0262. The van der Waals surface area contributed by atoms with Gasteiger partial charge in [-0.25, -0.2) is 4.79 Å². The molecule has 1 unspecified atom stereocenters. The van der Waals surface area contributed by atoms with Gasteiger partial charge >= 0.3 is 5.69 Å². The van der Waals surface area contributed by atoms with E-state index in [0.29, 0.717) is 0 Å². The maximum Gasteiger partial charge on any atom is 0.328 e. The number of benzene rings is 1. The zero-order valence-corrected chi connectivity index (χ0v) is 11.6. The van der Waals surface area contributed by atoms with Crippen molar-refractivity contribution in [1.82, 2.24) is 24.5 Å². The van der Waals surface area contributed by atoms with Crippen LogP contribution < -0.4 is 11.0 Å². The largest absolute Gasteiger partial charge is 0.377 e. The topological polar surface area (TPSA) is 80.5 Å². The number of fused-ring (bicyclic) bond motifs is 1. The maximum absolute atomic E-state index is 11.9. The molecule has 3 aromatic rings. The Morgan fingerprint density at radius 1 is 1.25 bits per heavy atom. The van der Waals surface area contributed by atoms with E-state index in [4.69, 9.17) is 0 Å². The predicted molar refractivity (Wildman–Crippen MR) is 76.6 cm³/mol. The summed E-state index contributed by atoms with van der Waals surface area (Å²) in [5.74, 6) is 0. The highest BCUT2D eigenvalue weighted by Crippen LogP contribution is 2.21. The van der Waals surface area contributed by atoms with E-state index in [1.54, 1.807) is 29.4 Å². The lowest BCUT2D eigenvalue weighted by Crippen LogP contribution is -2.19. The van der Waals surface area contributed by atoms with Crippen molar-refractivity contribution in [2.24, 2.45) is 14.1 Å². The third-order valence-electron chi connectivity index (χ3n) is 3.53. The van der Waals surface area contributed by atoms with Gasteiger partial charge in [0, 0.05) is 19.8 Å². The quantitative estimate of drug-likeness (QED) is 0.750. The summed E-state index contributed by atoms with van der Waals surface area (Å²) in [6.07, 6.45) is 1.69. The van der Waals surface area contributed by atoms with Crippen LogP contribution in [-0.2, 0) is 14.1 Å². The Hall–Kier alpha value is -2.57. The molecule has 0 bridgehead atoms. The molecule has 2 aromatic heterocycles. The Morgan fingerprint density at radius 3 is 2.70 bits per heavy atom. The normalized spacial score (nSPS) is 12.8. The highest BCUT2D eigenvalue weighted by Gasteiger charge is 2.11. The Bertz CT molecular complexity index is 798. The van der Waals surface area contributed by atoms with Gasteiger partial charge in [-0.05, 0) is 25.1 Å². The molecule has 0 amide bonds. The van der Waals surface area contributed by atoms with Crippen LogP contribution in [-0.4, -0.2) is 24.5 Å². The molecule has 0 saturated heterocycles.